The van der Waals surface area contributed by atoms with Crippen molar-refractivity contribution in [3.05, 3.63) is 58.4 Å². The van der Waals surface area contributed by atoms with Crippen LogP contribution in [0.5, 0.6) is 11.5 Å². The smallest absolute Gasteiger partial charge is 0.497 e. The van der Waals surface area contributed by atoms with Gasteiger partial charge in [0.1, 0.15) is 23.6 Å². The number of ether oxygens (including phenoxy) is 2. The Morgan fingerprint density at radius 3 is 2.47 bits per heavy atom. The normalized spacial score (nSPS) is 12.4. The third-order valence-corrected chi connectivity index (χ3v) is 4.21. The number of nitrogens with zero attached hydrogens (tertiary/aromatic N) is 3. The number of hydrogen-bond acceptors (Lipinski definition) is 6. The summed E-state index contributed by atoms with van der Waals surface area (Å²) in [5.74, 6) is -0.353. The molecule has 0 aliphatic rings. The minimum atomic E-state index is -4.78. The van der Waals surface area contributed by atoms with Gasteiger partial charge in [0.05, 0.1) is 18.5 Å². The van der Waals surface area contributed by atoms with Crippen molar-refractivity contribution in [3.63, 3.8) is 0 Å². The van der Waals surface area contributed by atoms with Crippen molar-refractivity contribution in [2.75, 3.05) is 7.11 Å². The van der Waals surface area contributed by atoms with Crippen molar-refractivity contribution >= 4 is 16.8 Å². The van der Waals surface area contributed by atoms with Crippen LogP contribution in [-0.4, -0.2) is 34.4 Å². The summed E-state index contributed by atoms with van der Waals surface area (Å²) in [5, 5.41) is 10.6. The van der Waals surface area contributed by atoms with E-state index in [0.717, 1.165) is 16.8 Å². The van der Waals surface area contributed by atoms with E-state index in [9.17, 15) is 22.8 Å². The second-order valence-corrected chi connectivity index (χ2v) is 6.34. The molecule has 0 radical (unpaired) electrons. The highest BCUT2D eigenvalue weighted by molar-refractivity contribution is 5.79. The van der Waals surface area contributed by atoms with Crippen LogP contribution in [0.2, 0.25) is 0 Å². The number of methoxy groups -OCH3 is 1. The van der Waals surface area contributed by atoms with Gasteiger partial charge in [-0.3, -0.25) is 9.59 Å². The van der Waals surface area contributed by atoms with Gasteiger partial charge in [0, 0.05) is 6.07 Å². The van der Waals surface area contributed by atoms with Crippen molar-refractivity contribution in [3.8, 4) is 11.5 Å². The van der Waals surface area contributed by atoms with Crippen LogP contribution >= 0.6 is 0 Å². The molecule has 3 aromatic rings. The molecule has 8 nitrogen and oxygen atoms in total. The zero-order valence-electron chi connectivity index (χ0n) is 15.9. The Balaban J connectivity index is 1.68. The van der Waals surface area contributed by atoms with Crippen LogP contribution in [0.3, 0.4) is 0 Å². The molecule has 0 saturated heterocycles. The van der Waals surface area contributed by atoms with Crippen molar-refractivity contribution in [1.29, 1.82) is 0 Å². The van der Waals surface area contributed by atoms with Gasteiger partial charge in [0.2, 0.25) is 5.91 Å². The molecule has 1 amide bonds. The molecule has 1 atom stereocenters. The zero-order chi connectivity index (χ0) is 21.9. The minimum Gasteiger partial charge on any atom is -0.497 e. The SMILES string of the molecule is COc1ccc2c(=O)n(CC(=O)N[C@@H](C)c3ccc(OC(F)(F)F)cc3)nnc2c1. The first-order valence-electron chi connectivity index (χ1n) is 8.73. The zero-order valence-corrected chi connectivity index (χ0v) is 15.9. The van der Waals surface area contributed by atoms with Gasteiger partial charge in [-0.2, -0.15) is 0 Å². The topological polar surface area (TPSA) is 95.3 Å². The summed E-state index contributed by atoms with van der Waals surface area (Å²) >= 11 is 0. The summed E-state index contributed by atoms with van der Waals surface area (Å²) < 4.78 is 46.5. The first-order valence-corrected chi connectivity index (χ1v) is 8.73. The van der Waals surface area contributed by atoms with E-state index in [1.807, 2.05) is 0 Å². The lowest BCUT2D eigenvalue weighted by Gasteiger charge is -2.15. The number of carbonyl (C=O) groups excluding carboxylic acids is 1. The van der Waals surface area contributed by atoms with E-state index in [1.165, 1.54) is 25.3 Å². The number of benzene rings is 2. The maximum absolute atomic E-state index is 12.5. The molecule has 0 spiro atoms. The number of nitrogens with one attached hydrogen (secondary N) is 1. The van der Waals surface area contributed by atoms with Crippen molar-refractivity contribution < 1.29 is 27.4 Å². The number of amides is 1. The first-order chi connectivity index (χ1) is 14.2. The predicted octanol–water partition coefficient (Wildman–Crippen LogP) is 2.58. The Bertz CT molecular complexity index is 1110. The lowest BCUT2D eigenvalue weighted by atomic mass is 10.1. The third-order valence-electron chi connectivity index (χ3n) is 4.21. The molecule has 3 rings (SSSR count). The summed E-state index contributed by atoms with van der Waals surface area (Å²) in [5.41, 5.74) is 0.409. The molecular weight excluding hydrogens is 405 g/mol. The summed E-state index contributed by atoms with van der Waals surface area (Å²) in [6.45, 7) is 1.28. The third kappa shape index (κ3) is 5.04. The summed E-state index contributed by atoms with van der Waals surface area (Å²) in [4.78, 5) is 24.8. The molecule has 1 heterocycles. The average molecular weight is 422 g/mol. The van der Waals surface area contributed by atoms with Crippen LogP contribution in [0.15, 0.2) is 47.3 Å². The fraction of sp³-hybridized carbons (Fsp3) is 0.263. The molecule has 0 aliphatic carbocycles. The Morgan fingerprint density at radius 2 is 1.83 bits per heavy atom. The molecular formula is C19H17F3N4O4. The van der Waals surface area contributed by atoms with Gasteiger partial charge >= 0.3 is 6.36 Å². The number of halogens is 3. The molecule has 158 valence electrons. The second kappa shape index (κ2) is 8.39. The molecule has 0 saturated carbocycles. The maximum atomic E-state index is 12.5. The Kier molecular flexibility index (Phi) is 5.90. The lowest BCUT2D eigenvalue weighted by molar-refractivity contribution is -0.274. The van der Waals surface area contributed by atoms with E-state index in [2.05, 4.69) is 20.4 Å². The largest absolute Gasteiger partial charge is 0.573 e. The van der Waals surface area contributed by atoms with E-state index in [1.54, 1.807) is 19.1 Å². The molecule has 0 aliphatic heterocycles. The molecule has 11 heteroatoms. The number of rotatable bonds is 6. The van der Waals surface area contributed by atoms with Gasteiger partial charge in [0.25, 0.3) is 5.56 Å². The predicted molar refractivity (Wildman–Crippen MR) is 100 cm³/mol. The first kappa shape index (κ1) is 21.1. The Labute approximate surface area is 168 Å². The van der Waals surface area contributed by atoms with Gasteiger partial charge in [0.15, 0.2) is 0 Å². The van der Waals surface area contributed by atoms with Crippen LogP contribution in [0, 0.1) is 0 Å². The standard InChI is InChI=1S/C19H17F3N4O4/c1-11(12-3-5-13(6-4-12)30-19(20,21)22)23-17(27)10-26-18(28)15-8-7-14(29-2)9-16(15)24-25-26/h3-9,11H,10H2,1-2H3,(H,23,27)/t11-/m0/s1. The summed E-state index contributed by atoms with van der Waals surface area (Å²) in [7, 11) is 1.48. The van der Waals surface area contributed by atoms with Gasteiger partial charge in [-0.05, 0) is 36.8 Å². The quantitative estimate of drug-likeness (QED) is 0.656. The van der Waals surface area contributed by atoms with E-state index in [-0.39, 0.29) is 17.7 Å². The summed E-state index contributed by atoms with van der Waals surface area (Å²) in [6, 6.07) is 9.28. The van der Waals surface area contributed by atoms with Crippen molar-refractivity contribution in [2.24, 2.45) is 0 Å². The molecule has 1 N–H and O–H groups in total. The van der Waals surface area contributed by atoms with Crippen molar-refractivity contribution in [1.82, 2.24) is 20.3 Å². The average Bonchev–Trinajstić information content (AvgIpc) is 2.69. The lowest BCUT2D eigenvalue weighted by Crippen LogP contribution is -2.35. The fourth-order valence-electron chi connectivity index (χ4n) is 2.75. The number of carbonyl (C=O) groups is 1. The van der Waals surface area contributed by atoms with Crippen molar-refractivity contribution in [2.45, 2.75) is 25.9 Å². The summed E-state index contributed by atoms with van der Waals surface area (Å²) in [6.07, 6.45) is -4.78. The molecule has 0 unspecified atom stereocenters. The number of fused-ring (bicyclic) bond motifs is 1. The number of alkyl halides is 3. The second-order valence-electron chi connectivity index (χ2n) is 6.34. The van der Waals surface area contributed by atoms with Gasteiger partial charge < -0.3 is 14.8 Å². The van der Waals surface area contributed by atoms with Crippen LogP contribution < -0.4 is 20.3 Å². The molecule has 1 aromatic heterocycles. The van der Waals surface area contributed by atoms with E-state index in [0.29, 0.717) is 16.8 Å². The molecule has 30 heavy (non-hydrogen) atoms. The fourth-order valence-corrected chi connectivity index (χ4v) is 2.75. The minimum absolute atomic E-state index is 0.284. The number of hydrogen-bond donors (Lipinski definition) is 1. The van der Waals surface area contributed by atoms with E-state index in [4.69, 9.17) is 4.74 Å². The van der Waals surface area contributed by atoms with E-state index >= 15 is 0 Å². The molecule has 0 fully saturated rings. The monoisotopic (exact) mass is 422 g/mol. The molecule has 2 aromatic carbocycles. The van der Waals surface area contributed by atoms with Gasteiger partial charge in [-0.15, -0.1) is 18.3 Å². The van der Waals surface area contributed by atoms with Gasteiger partial charge in [-0.1, -0.05) is 17.3 Å². The molecule has 0 bridgehead atoms. The maximum Gasteiger partial charge on any atom is 0.573 e. The van der Waals surface area contributed by atoms with Crippen LogP contribution in [0.4, 0.5) is 13.2 Å². The highest BCUT2D eigenvalue weighted by Gasteiger charge is 2.31. The van der Waals surface area contributed by atoms with Gasteiger partial charge in [-0.25, -0.2) is 4.68 Å². The number of aromatic nitrogens is 3. The van der Waals surface area contributed by atoms with Crippen LogP contribution in [-0.2, 0) is 11.3 Å². The van der Waals surface area contributed by atoms with Crippen LogP contribution in [0.1, 0.15) is 18.5 Å². The highest BCUT2D eigenvalue weighted by Crippen LogP contribution is 2.24. The van der Waals surface area contributed by atoms with E-state index < -0.39 is 23.9 Å². The highest BCUT2D eigenvalue weighted by atomic mass is 19.4. The Hall–Kier alpha value is -3.63. The Morgan fingerprint density at radius 1 is 1.17 bits per heavy atom. The van der Waals surface area contributed by atoms with Crippen LogP contribution in [0.25, 0.3) is 10.9 Å².